The molecular weight excluding hydrogens is 319 g/mol. The van der Waals surface area contributed by atoms with E-state index < -0.39 is 10.0 Å². The van der Waals surface area contributed by atoms with Gasteiger partial charge < -0.3 is 0 Å². The molecule has 0 atom stereocenters. The van der Waals surface area contributed by atoms with Crippen molar-refractivity contribution in [3.05, 3.63) is 22.4 Å². The minimum Gasteiger partial charge on any atom is -0.242 e. The molecule has 4 nitrogen and oxygen atoms in total. The molecule has 0 spiro atoms. The molecule has 0 aliphatic carbocycles. The van der Waals surface area contributed by atoms with Crippen molar-refractivity contribution in [1.29, 1.82) is 0 Å². The molecule has 1 aromatic rings. The summed E-state index contributed by atoms with van der Waals surface area (Å²) in [4.78, 5) is 3.89. The first-order valence-electron chi connectivity index (χ1n) is 6.63. The van der Waals surface area contributed by atoms with Gasteiger partial charge in [0.2, 0.25) is 10.0 Å². The Kier molecular flexibility index (Phi) is 6.72. The monoisotopic (exact) mass is 338 g/mol. The SMILES string of the molecule is CCCCCN(C(C)C)S(=O)(=O)c1cnc(Cl)c(Cl)c1. The molecule has 20 heavy (non-hydrogen) atoms. The van der Waals surface area contributed by atoms with Gasteiger partial charge in [-0.1, -0.05) is 43.0 Å². The minimum absolute atomic E-state index is 0.0806. The van der Waals surface area contributed by atoms with Crippen molar-refractivity contribution in [3.8, 4) is 0 Å². The van der Waals surface area contributed by atoms with E-state index in [0.717, 1.165) is 19.3 Å². The first-order chi connectivity index (χ1) is 9.30. The molecule has 0 amide bonds. The second-order valence-corrected chi connectivity index (χ2v) is 7.52. The summed E-state index contributed by atoms with van der Waals surface area (Å²) in [6, 6.07) is 1.23. The maximum Gasteiger partial charge on any atom is 0.244 e. The fourth-order valence-electron chi connectivity index (χ4n) is 1.85. The first-order valence-corrected chi connectivity index (χ1v) is 8.83. The van der Waals surface area contributed by atoms with Crippen molar-refractivity contribution in [2.75, 3.05) is 6.54 Å². The summed E-state index contributed by atoms with van der Waals surface area (Å²) < 4.78 is 26.7. The Balaban J connectivity index is 3.06. The minimum atomic E-state index is -3.59. The number of aromatic nitrogens is 1. The number of hydrogen-bond donors (Lipinski definition) is 0. The van der Waals surface area contributed by atoms with E-state index in [1.54, 1.807) is 0 Å². The van der Waals surface area contributed by atoms with Gasteiger partial charge in [0.05, 0.1) is 5.02 Å². The summed E-state index contributed by atoms with van der Waals surface area (Å²) >= 11 is 11.6. The number of unbranched alkanes of at least 4 members (excludes halogenated alkanes) is 2. The lowest BCUT2D eigenvalue weighted by atomic mass is 10.2. The van der Waals surface area contributed by atoms with Crippen LogP contribution in [0.5, 0.6) is 0 Å². The molecule has 0 fully saturated rings. The largest absolute Gasteiger partial charge is 0.244 e. The highest BCUT2D eigenvalue weighted by molar-refractivity contribution is 7.89. The standard InChI is InChI=1S/C13H20Cl2N2O2S/c1-4-5-6-7-17(10(2)3)20(18,19)11-8-12(14)13(15)16-9-11/h8-10H,4-7H2,1-3H3. The molecular formula is C13H20Cl2N2O2S. The van der Waals surface area contributed by atoms with E-state index in [-0.39, 0.29) is 21.1 Å². The van der Waals surface area contributed by atoms with Crippen molar-refractivity contribution in [1.82, 2.24) is 9.29 Å². The molecule has 0 radical (unpaired) electrons. The van der Waals surface area contributed by atoms with Crippen LogP contribution in [-0.2, 0) is 10.0 Å². The van der Waals surface area contributed by atoms with Gasteiger partial charge in [-0.05, 0) is 26.3 Å². The molecule has 114 valence electrons. The van der Waals surface area contributed by atoms with Gasteiger partial charge in [0.25, 0.3) is 0 Å². The molecule has 0 N–H and O–H groups in total. The molecule has 0 unspecified atom stereocenters. The van der Waals surface area contributed by atoms with Gasteiger partial charge in [-0.2, -0.15) is 4.31 Å². The fraction of sp³-hybridized carbons (Fsp3) is 0.615. The summed E-state index contributed by atoms with van der Waals surface area (Å²) in [6.45, 7) is 6.29. The van der Waals surface area contributed by atoms with E-state index >= 15 is 0 Å². The topological polar surface area (TPSA) is 50.3 Å². The quantitative estimate of drug-likeness (QED) is 0.558. The summed E-state index contributed by atoms with van der Waals surface area (Å²) in [5.74, 6) is 0. The summed E-state index contributed by atoms with van der Waals surface area (Å²) in [7, 11) is -3.59. The highest BCUT2D eigenvalue weighted by atomic mass is 35.5. The van der Waals surface area contributed by atoms with Gasteiger partial charge in [0.1, 0.15) is 10.0 Å². The third-order valence-corrected chi connectivity index (χ3v) is 5.66. The molecule has 0 aromatic carbocycles. The molecule has 0 saturated carbocycles. The Bertz CT molecular complexity index is 547. The average molecular weight is 339 g/mol. The Morgan fingerprint density at radius 1 is 1.30 bits per heavy atom. The van der Waals surface area contributed by atoms with Crippen molar-refractivity contribution < 1.29 is 8.42 Å². The Morgan fingerprint density at radius 2 is 1.95 bits per heavy atom. The third-order valence-electron chi connectivity index (χ3n) is 2.94. The summed E-state index contributed by atoms with van der Waals surface area (Å²) in [5, 5.41) is 0.248. The molecule has 0 aliphatic heterocycles. The van der Waals surface area contributed by atoms with E-state index in [1.807, 2.05) is 13.8 Å². The van der Waals surface area contributed by atoms with Crippen molar-refractivity contribution in [2.45, 2.75) is 51.0 Å². The highest BCUT2D eigenvalue weighted by Gasteiger charge is 2.27. The molecule has 0 saturated heterocycles. The van der Waals surface area contributed by atoms with Gasteiger partial charge in [-0.15, -0.1) is 0 Å². The molecule has 1 rings (SSSR count). The van der Waals surface area contributed by atoms with Crippen LogP contribution in [-0.4, -0.2) is 30.3 Å². The van der Waals surface area contributed by atoms with Crippen LogP contribution in [0.15, 0.2) is 17.2 Å². The number of pyridine rings is 1. The van der Waals surface area contributed by atoms with Crippen LogP contribution >= 0.6 is 23.2 Å². The molecule has 0 bridgehead atoms. The van der Waals surface area contributed by atoms with Crippen molar-refractivity contribution >= 4 is 33.2 Å². The van der Waals surface area contributed by atoms with E-state index in [1.165, 1.54) is 16.6 Å². The Morgan fingerprint density at radius 3 is 2.45 bits per heavy atom. The van der Waals surface area contributed by atoms with Gasteiger partial charge in [-0.3, -0.25) is 0 Å². The van der Waals surface area contributed by atoms with Crippen LogP contribution in [0.2, 0.25) is 10.2 Å². The predicted octanol–water partition coefficient (Wildman–Crippen LogP) is 3.98. The number of rotatable bonds is 7. The first kappa shape index (κ1) is 17.7. The van der Waals surface area contributed by atoms with Crippen LogP contribution in [0.4, 0.5) is 0 Å². The van der Waals surface area contributed by atoms with Crippen LogP contribution < -0.4 is 0 Å². The average Bonchev–Trinajstić information content (AvgIpc) is 2.37. The smallest absolute Gasteiger partial charge is 0.242 e. The van der Waals surface area contributed by atoms with Crippen LogP contribution in [0.1, 0.15) is 40.0 Å². The maximum absolute atomic E-state index is 12.6. The van der Waals surface area contributed by atoms with Gasteiger partial charge in [0.15, 0.2) is 0 Å². The van der Waals surface area contributed by atoms with Crippen molar-refractivity contribution in [3.63, 3.8) is 0 Å². The zero-order valence-electron chi connectivity index (χ0n) is 11.9. The lowest BCUT2D eigenvalue weighted by Crippen LogP contribution is -2.37. The second kappa shape index (κ2) is 7.59. The van der Waals surface area contributed by atoms with E-state index in [9.17, 15) is 8.42 Å². The van der Waals surface area contributed by atoms with Gasteiger partial charge in [-0.25, -0.2) is 13.4 Å². The van der Waals surface area contributed by atoms with E-state index in [0.29, 0.717) is 6.54 Å². The predicted molar refractivity (Wildman–Crippen MR) is 82.8 cm³/mol. The number of sulfonamides is 1. The van der Waals surface area contributed by atoms with E-state index in [4.69, 9.17) is 23.2 Å². The van der Waals surface area contributed by atoms with Crippen molar-refractivity contribution in [2.24, 2.45) is 0 Å². The van der Waals surface area contributed by atoms with Gasteiger partial charge in [0, 0.05) is 18.8 Å². The Labute approximate surface area is 131 Å². The van der Waals surface area contributed by atoms with Gasteiger partial charge >= 0.3 is 0 Å². The highest BCUT2D eigenvalue weighted by Crippen LogP contribution is 2.25. The number of nitrogens with zero attached hydrogens (tertiary/aromatic N) is 2. The number of halogens is 2. The molecule has 1 heterocycles. The van der Waals surface area contributed by atoms with Crippen LogP contribution in [0.3, 0.4) is 0 Å². The lowest BCUT2D eigenvalue weighted by molar-refractivity contribution is 0.345. The van der Waals surface area contributed by atoms with E-state index in [2.05, 4.69) is 11.9 Å². The third kappa shape index (κ3) is 4.32. The lowest BCUT2D eigenvalue weighted by Gasteiger charge is -2.25. The fourth-order valence-corrected chi connectivity index (χ4v) is 3.84. The zero-order valence-corrected chi connectivity index (χ0v) is 14.3. The zero-order chi connectivity index (χ0) is 15.3. The van der Waals surface area contributed by atoms with Crippen LogP contribution in [0.25, 0.3) is 0 Å². The molecule has 1 aromatic heterocycles. The summed E-state index contributed by atoms with van der Waals surface area (Å²) in [5.41, 5.74) is 0. The molecule has 7 heteroatoms. The van der Waals surface area contributed by atoms with Crippen LogP contribution in [0, 0.1) is 0 Å². The second-order valence-electron chi connectivity index (χ2n) is 4.86. The number of hydrogen-bond acceptors (Lipinski definition) is 3. The Hall–Kier alpha value is -0.360. The molecule has 0 aliphatic rings. The normalized spacial score (nSPS) is 12.3. The maximum atomic E-state index is 12.6. The summed E-state index contributed by atoms with van der Waals surface area (Å²) in [6.07, 6.45) is 4.13.